The first kappa shape index (κ1) is 17.5. The summed E-state index contributed by atoms with van der Waals surface area (Å²) >= 11 is 0. The van der Waals surface area contributed by atoms with E-state index < -0.39 is 0 Å². The largest absolute Gasteiger partial charge is 0.484 e. The van der Waals surface area contributed by atoms with E-state index in [1.807, 2.05) is 37.3 Å². The Hall–Kier alpha value is -2.27. The van der Waals surface area contributed by atoms with Crippen LogP contribution in [0, 0.1) is 13.8 Å². The molecule has 1 atom stereocenters. The third kappa shape index (κ3) is 4.63. The van der Waals surface area contributed by atoms with E-state index in [2.05, 4.69) is 17.1 Å². The minimum absolute atomic E-state index is 0.0212. The zero-order valence-electron chi connectivity index (χ0n) is 15.0. The molecule has 0 bridgehead atoms. The molecule has 3 rings (SSSR count). The summed E-state index contributed by atoms with van der Waals surface area (Å²) in [7, 11) is 0. The normalized spacial score (nSPS) is 15.9. The molecule has 2 heterocycles. The first-order chi connectivity index (χ1) is 12.1. The lowest BCUT2D eigenvalue weighted by Gasteiger charge is -2.26. The SMILES string of the molecule is Cc1ccc(OCC(=O)NC[C@H](c2ccco2)N2CCCC2)cc1C. The molecule has 1 aromatic carbocycles. The third-order valence-corrected chi connectivity index (χ3v) is 4.79. The first-order valence-electron chi connectivity index (χ1n) is 8.87. The van der Waals surface area contributed by atoms with Crippen LogP contribution < -0.4 is 10.1 Å². The molecule has 1 saturated heterocycles. The number of carbonyl (C=O) groups is 1. The van der Waals surface area contributed by atoms with Crippen molar-refractivity contribution in [2.24, 2.45) is 0 Å². The fourth-order valence-corrected chi connectivity index (χ4v) is 3.16. The summed E-state index contributed by atoms with van der Waals surface area (Å²) in [4.78, 5) is 14.5. The Morgan fingerprint density at radius 2 is 2.04 bits per heavy atom. The molecule has 0 aliphatic carbocycles. The number of rotatable bonds is 7. The van der Waals surface area contributed by atoms with Crippen molar-refractivity contribution in [1.82, 2.24) is 10.2 Å². The van der Waals surface area contributed by atoms with Crippen LogP contribution in [0.2, 0.25) is 0 Å². The highest BCUT2D eigenvalue weighted by molar-refractivity contribution is 5.77. The van der Waals surface area contributed by atoms with Crippen LogP contribution in [-0.4, -0.2) is 37.0 Å². The number of furan rings is 1. The van der Waals surface area contributed by atoms with E-state index in [9.17, 15) is 4.79 Å². The van der Waals surface area contributed by atoms with Gasteiger partial charge in [-0.15, -0.1) is 0 Å². The van der Waals surface area contributed by atoms with Gasteiger partial charge in [0.25, 0.3) is 5.91 Å². The lowest BCUT2D eigenvalue weighted by atomic mass is 10.1. The number of carbonyl (C=O) groups excluding carboxylic acids is 1. The molecule has 1 N–H and O–H groups in total. The number of benzene rings is 1. The number of likely N-dealkylation sites (tertiary alicyclic amines) is 1. The highest BCUT2D eigenvalue weighted by Crippen LogP contribution is 2.24. The van der Waals surface area contributed by atoms with E-state index in [1.54, 1.807) is 6.26 Å². The van der Waals surface area contributed by atoms with Gasteiger partial charge in [0.05, 0.1) is 12.3 Å². The van der Waals surface area contributed by atoms with Crippen LogP contribution >= 0.6 is 0 Å². The quantitative estimate of drug-likeness (QED) is 0.839. The Kier molecular flexibility index (Phi) is 5.76. The smallest absolute Gasteiger partial charge is 0.258 e. The van der Waals surface area contributed by atoms with Crippen LogP contribution in [0.5, 0.6) is 5.75 Å². The molecular weight excluding hydrogens is 316 g/mol. The van der Waals surface area contributed by atoms with Crippen LogP contribution in [0.1, 0.15) is 35.8 Å². The highest BCUT2D eigenvalue weighted by atomic mass is 16.5. The van der Waals surface area contributed by atoms with Crippen molar-refractivity contribution < 1.29 is 13.9 Å². The lowest BCUT2D eigenvalue weighted by molar-refractivity contribution is -0.123. The predicted molar refractivity (Wildman–Crippen MR) is 96.7 cm³/mol. The van der Waals surface area contributed by atoms with Gasteiger partial charge >= 0.3 is 0 Å². The molecule has 5 heteroatoms. The molecule has 1 aromatic heterocycles. The van der Waals surface area contributed by atoms with Crippen LogP contribution in [0.3, 0.4) is 0 Å². The molecule has 1 fully saturated rings. The van der Waals surface area contributed by atoms with Crippen molar-refractivity contribution in [3.63, 3.8) is 0 Å². The van der Waals surface area contributed by atoms with Gasteiger partial charge in [-0.2, -0.15) is 0 Å². The van der Waals surface area contributed by atoms with Crippen molar-refractivity contribution in [3.05, 3.63) is 53.5 Å². The van der Waals surface area contributed by atoms with Crippen LogP contribution in [-0.2, 0) is 4.79 Å². The number of aryl methyl sites for hydroxylation is 2. The Bertz CT molecular complexity index is 691. The molecule has 0 spiro atoms. The van der Waals surface area contributed by atoms with Crippen LogP contribution in [0.4, 0.5) is 0 Å². The Labute approximate surface area is 149 Å². The monoisotopic (exact) mass is 342 g/mol. The van der Waals surface area contributed by atoms with Gasteiger partial charge in [0, 0.05) is 6.54 Å². The second-order valence-corrected chi connectivity index (χ2v) is 6.61. The molecule has 25 heavy (non-hydrogen) atoms. The number of hydrogen-bond donors (Lipinski definition) is 1. The molecule has 1 amide bonds. The van der Waals surface area contributed by atoms with Gasteiger partial charge in [-0.1, -0.05) is 6.07 Å². The van der Waals surface area contributed by atoms with Crippen molar-refractivity contribution in [3.8, 4) is 5.75 Å². The molecule has 0 unspecified atom stereocenters. The van der Waals surface area contributed by atoms with E-state index in [1.165, 1.54) is 18.4 Å². The standard InChI is InChI=1S/C20H26N2O3/c1-15-7-8-17(12-16(15)2)25-14-20(23)21-13-18(19-6-5-11-24-19)22-9-3-4-10-22/h5-8,11-12,18H,3-4,9-10,13-14H2,1-2H3,(H,21,23)/t18-/m1/s1. The summed E-state index contributed by atoms with van der Waals surface area (Å²) < 4.78 is 11.2. The van der Waals surface area contributed by atoms with Crippen molar-refractivity contribution in [2.75, 3.05) is 26.2 Å². The lowest BCUT2D eigenvalue weighted by Crippen LogP contribution is -2.38. The Morgan fingerprint density at radius 1 is 1.24 bits per heavy atom. The fraction of sp³-hybridized carbons (Fsp3) is 0.450. The first-order valence-corrected chi connectivity index (χ1v) is 8.87. The van der Waals surface area contributed by atoms with Gasteiger partial charge in [0.1, 0.15) is 11.5 Å². The number of ether oxygens (including phenoxy) is 1. The van der Waals surface area contributed by atoms with Gasteiger partial charge in [-0.05, 0) is 75.2 Å². The average molecular weight is 342 g/mol. The van der Waals surface area contributed by atoms with Gasteiger partial charge < -0.3 is 14.5 Å². The minimum atomic E-state index is -0.117. The second kappa shape index (κ2) is 8.21. The van der Waals surface area contributed by atoms with E-state index in [-0.39, 0.29) is 18.6 Å². The Balaban J connectivity index is 1.51. The number of hydrogen-bond acceptors (Lipinski definition) is 4. The van der Waals surface area contributed by atoms with Crippen LogP contribution in [0.15, 0.2) is 41.0 Å². The van der Waals surface area contributed by atoms with Crippen molar-refractivity contribution >= 4 is 5.91 Å². The number of nitrogens with one attached hydrogen (secondary N) is 1. The average Bonchev–Trinajstić information content (AvgIpc) is 3.30. The molecule has 1 aliphatic rings. The maximum Gasteiger partial charge on any atom is 0.258 e. The maximum atomic E-state index is 12.2. The summed E-state index contributed by atoms with van der Waals surface area (Å²) in [6.07, 6.45) is 4.07. The van der Waals surface area contributed by atoms with Gasteiger partial charge in [0.15, 0.2) is 6.61 Å². The third-order valence-electron chi connectivity index (χ3n) is 4.79. The zero-order chi connectivity index (χ0) is 17.6. The van der Waals surface area contributed by atoms with E-state index in [0.29, 0.717) is 6.54 Å². The predicted octanol–water partition coefficient (Wildman–Crippen LogP) is 3.23. The molecule has 134 valence electrons. The molecule has 0 saturated carbocycles. The summed E-state index contributed by atoms with van der Waals surface area (Å²) in [5.74, 6) is 1.51. The second-order valence-electron chi connectivity index (χ2n) is 6.61. The van der Waals surface area contributed by atoms with E-state index in [0.717, 1.165) is 30.2 Å². The highest BCUT2D eigenvalue weighted by Gasteiger charge is 2.25. The number of nitrogens with zero attached hydrogens (tertiary/aromatic N) is 1. The van der Waals surface area contributed by atoms with Crippen LogP contribution in [0.25, 0.3) is 0 Å². The fourth-order valence-electron chi connectivity index (χ4n) is 3.16. The zero-order valence-corrected chi connectivity index (χ0v) is 15.0. The maximum absolute atomic E-state index is 12.2. The molecule has 5 nitrogen and oxygen atoms in total. The van der Waals surface area contributed by atoms with Crippen molar-refractivity contribution in [2.45, 2.75) is 32.7 Å². The molecule has 0 radical (unpaired) electrons. The number of amides is 1. The summed E-state index contributed by atoms with van der Waals surface area (Å²) in [5, 5.41) is 2.98. The summed E-state index contributed by atoms with van der Waals surface area (Å²) in [6, 6.07) is 9.81. The molecule has 2 aromatic rings. The summed E-state index contributed by atoms with van der Waals surface area (Å²) in [6.45, 7) is 6.72. The molecule has 1 aliphatic heterocycles. The minimum Gasteiger partial charge on any atom is -0.484 e. The van der Waals surface area contributed by atoms with Gasteiger partial charge in [-0.25, -0.2) is 0 Å². The van der Waals surface area contributed by atoms with E-state index in [4.69, 9.17) is 9.15 Å². The van der Waals surface area contributed by atoms with Gasteiger partial charge in [-0.3, -0.25) is 9.69 Å². The van der Waals surface area contributed by atoms with Crippen molar-refractivity contribution in [1.29, 1.82) is 0 Å². The Morgan fingerprint density at radius 3 is 2.72 bits per heavy atom. The van der Waals surface area contributed by atoms with E-state index >= 15 is 0 Å². The topological polar surface area (TPSA) is 54.7 Å². The van der Waals surface area contributed by atoms with Gasteiger partial charge in [0.2, 0.25) is 0 Å². The summed E-state index contributed by atoms with van der Waals surface area (Å²) in [5.41, 5.74) is 2.37. The molecular formula is C20H26N2O3.